The number of nitrogens with one attached hydrogen (secondary N) is 1. The van der Waals surface area contributed by atoms with E-state index in [-0.39, 0.29) is 0 Å². The van der Waals surface area contributed by atoms with Gasteiger partial charge < -0.3 is 0 Å². The molecule has 0 bridgehead atoms. The molecule has 1 N–H and O–H groups in total. The second-order valence-electron chi connectivity index (χ2n) is 7.77. The Morgan fingerprint density at radius 2 is 1.59 bits per heavy atom. The van der Waals surface area contributed by atoms with Crippen LogP contribution >= 0.6 is 0 Å². The van der Waals surface area contributed by atoms with Crippen LogP contribution in [-0.4, -0.2) is 14.7 Å². The summed E-state index contributed by atoms with van der Waals surface area (Å²) in [6.45, 7) is 4.26. The quantitative estimate of drug-likeness (QED) is 0.632. The lowest BCUT2D eigenvalue weighted by molar-refractivity contribution is 0.607. The summed E-state index contributed by atoms with van der Waals surface area (Å²) in [7, 11) is -3.32. The van der Waals surface area contributed by atoms with Gasteiger partial charge in [0.2, 0.25) is 10.0 Å². The summed E-state index contributed by atoms with van der Waals surface area (Å²) >= 11 is 0. The first-order valence-electron chi connectivity index (χ1n) is 9.79. The molecule has 3 aromatic rings. The van der Waals surface area contributed by atoms with Crippen LogP contribution in [0, 0.1) is 6.92 Å². The molecule has 0 spiro atoms. The van der Waals surface area contributed by atoms with E-state index in [0.717, 1.165) is 24.0 Å². The summed E-state index contributed by atoms with van der Waals surface area (Å²) in [5, 5.41) is 0. The largest absolute Gasteiger partial charge is 0.284 e. The van der Waals surface area contributed by atoms with Crippen molar-refractivity contribution >= 4 is 26.9 Å². The lowest BCUT2D eigenvalue weighted by Gasteiger charge is -2.17. The Kier molecular flexibility index (Phi) is 5.05. The highest BCUT2D eigenvalue weighted by Crippen LogP contribution is 2.39. The summed E-state index contributed by atoms with van der Waals surface area (Å²) in [5.74, 6) is 0. The van der Waals surface area contributed by atoms with E-state index in [4.69, 9.17) is 0 Å². The minimum atomic E-state index is -3.32. The molecule has 0 aliphatic heterocycles. The number of hydrogen-bond acceptors (Lipinski definition) is 2. The monoisotopic (exact) mass is 403 g/mol. The van der Waals surface area contributed by atoms with Gasteiger partial charge in [0.1, 0.15) is 0 Å². The zero-order valence-corrected chi connectivity index (χ0v) is 17.8. The lowest BCUT2D eigenvalue weighted by atomic mass is 9.87. The molecule has 0 saturated carbocycles. The maximum atomic E-state index is 11.7. The molecule has 1 aliphatic carbocycles. The third-order valence-electron chi connectivity index (χ3n) is 5.45. The molecular formula is C25H25NO2S. The molecule has 0 unspecified atom stereocenters. The first kappa shape index (κ1) is 19.5. The topological polar surface area (TPSA) is 46.2 Å². The molecule has 0 atom stereocenters. The minimum Gasteiger partial charge on any atom is -0.284 e. The van der Waals surface area contributed by atoms with E-state index < -0.39 is 10.0 Å². The summed E-state index contributed by atoms with van der Waals surface area (Å²) in [6.07, 6.45) is 3.20. The van der Waals surface area contributed by atoms with Crippen molar-refractivity contribution in [1.82, 2.24) is 0 Å². The van der Waals surface area contributed by atoms with Gasteiger partial charge in [0, 0.05) is 5.69 Å². The van der Waals surface area contributed by atoms with Crippen molar-refractivity contribution in [3.8, 4) is 0 Å². The second-order valence-corrected chi connectivity index (χ2v) is 9.52. The standard InChI is InChI=1S/C25H25NO2S/c1-17-11-14-24-21(15-17)13-12-19-7-4-5-10-23(19)25(24)18(2)20-8-6-9-22(16-20)26-29(3,27)28/h4-11,14-16,26H,12-13H2,1-3H3/b25-18+. The summed E-state index contributed by atoms with van der Waals surface area (Å²) in [6, 6.07) is 22.9. The Hall–Kier alpha value is -2.85. The summed E-state index contributed by atoms with van der Waals surface area (Å²) in [4.78, 5) is 0. The zero-order chi connectivity index (χ0) is 20.6. The second kappa shape index (κ2) is 7.53. The fraction of sp³-hybridized carbons (Fsp3) is 0.200. The molecule has 29 heavy (non-hydrogen) atoms. The fourth-order valence-electron chi connectivity index (χ4n) is 4.15. The molecule has 0 fully saturated rings. The van der Waals surface area contributed by atoms with Crippen LogP contribution in [-0.2, 0) is 22.9 Å². The van der Waals surface area contributed by atoms with Gasteiger partial charge in [0.25, 0.3) is 0 Å². The van der Waals surface area contributed by atoms with E-state index in [2.05, 4.69) is 61.0 Å². The van der Waals surface area contributed by atoms with E-state index in [0.29, 0.717) is 5.69 Å². The number of benzene rings is 3. The van der Waals surface area contributed by atoms with Crippen LogP contribution in [0.25, 0.3) is 11.1 Å². The van der Waals surface area contributed by atoms with Gasteiger partial charge in [0.15, 0.2) is 0 Å². The molecule has 1 aliphatic rings. The molecule has 0 heterocycles. The van der Waals surface area contributed by atoms with Crippen molar-refractivity contribution in [2.45, 2.75) is 26.7 Å². The number of sulfonamides is 1. The van der Waals surface area contributed by atoms with Gasteiger partial charge >= 0.3 is 0 Å². The van der Waals surface area contributed by atoms with E-state index >= 15 is 0 Å². The number of fused-ring (bicyclic) bond motifs is 2. The van der Waals surface area contributed by atoms with Crippen molar-refractivity contribution in [3.05, 3.63) is 100 Å². The van der Waals surface area contributed by atoms with Crippen molar-refractivity contribution in [2.75, 3.05) is 11.0 Å². The smallest absolute Gasteiger partial charge is 0.229 e. The van der Waals surface area contributed by atoms with Crippen molar-refractivity contribution < 1.29 is 8.42 Å². The maximum absolute atomic E-state index is 11.7. The maximum Gasteiger partial charge on any atom is 0.229 e. The number of aryl methyl sites for hydroxylation is 3. The average Bonchev–Trinajstić information content (AvgIpc) is 2.83. The van der Waals surface area contributed by atoms with Crippen LogP contribution in [0.15, 0.2) is 66.7 Å². The van der Waals surface area contributed by atoms with E-state index in [1.54, 1.807) is 6.07 Å². The Morgan fingerprint density at radius 3 is 2.38 bits per heavy atom. The van der Waals surface area contributed by atoms with Crippen LogP contribution in [0.2, 0.25) is 0 Å². The predicted octanol–water partition coefficient (Wildman–Crippen LogP) is 5.44. The third-order valence-corrected chi connectivity index (χ3v) is 6.06. The fourth-order valence-corrected chi connectivity index (χ4v) is 4.70. The number of anilines is 1. The van der Waals surface area contributed by atoms with Crippen LogP contribution in [0.4, 0.5) is 5.69 Å². The van der Waals surface area contributed by atoms with Crippen LogP contribution in [0.1, 0.15) is 40.3 Å². The molecule has 3 aromatic carbocycles. The van der Waals surface area contributed by atoms with Gasteiger partial charge in [-0.3, -0.25) is 4.72 Å². The molecule has 0 radical (unpaired) electrons. The van der Waals surface area contributed by atoms with Crippen molar-refractivity contribution in [1.29, 1.82) is 0 Å². The number of allylic oxidation sites excluding steroid dienone is 1. The molecule has 3 nitrogen and oxygen atoms in total. The van der Waals surface area contributed by atoms with Crippen molar-refractivity contribution in [2.24, 2.45) is 0 Å². The highest BCUT2D eigenvalue weighted by molar-refractivity contribution is 7.92. The van der Waals surface area contributed by atoms with Gasteiger partial charge in [0.05, 0.1) is 6.26 Å². The first-order chi connectivity index (χ1) is 13.8. The van der Waals surface area contributed by atoms with Gasteiger partial charge in [-0.2, -0.15) is 0 Å². The third kappa shape index (κ3) is 4.13. The Morgan fingerprint density at radius 1 is 0.862 bits per heavy atom. The molecule has 148 valence electrons. The molecule has 4 heteroatoms. The SMILES string of the molecule is C/C(=C1/c2ccccc2CCc2cc(C)ccc21)c1cccc(NS(C)(=O)=O)c1. The lowest BCUT2D eigenvalue weighted by Crippen LogP contribution is -2.09. The van der Waals surface area contributed by atoms with Crippen LogP contribution in [0.5, 0.6) is 0 Å². The molecule has 0 saturated heterocycles. The Labute approximate surface area is 173 Å². The molecule has 4 rings (SSSR count). The van der Waals surface area contributed by atoms with Gasteiger partial charge in [-0.05, 0) is 77.8 Å². The zero-order valence-electron chi connectivity index (χ0n) is 17.0. The normalized spacial score (nSPS) is 15.1. The predicted molar refractivity (Wildman–Crippen MR) is 122 cm³/mol. The first-order valence-corrected chi connectivity index (χ1v) is 11.7. The summed E-state index contributed by atoms with van der Waals surface area (Å²) < 4.78 is 25.9. The number of hydrogen-bond donors (Lipinski definition) is 1. The van der Waals surface area contributed by atoms with Gasteiger partial charge in [-0.25, -0.2) is 8.42 Å². The Bertz CT molecular complexity index is 1220. The molecular weight excluding hydrogens is 378 g/mol. The minimum absolute atomic E-state index is 0.580. The molecule has 0 amide bonds. The Balaban J connectivity index is 1.95. The number of rotatable bonds is 3. The summed E-state index contributed by atoms with van der Waals surface area (Å²) in [5.41, 5.74) is 10.5. The highest BCUT2D eigenvalue weighted by atomic mass is 32.2. The van der Waals surface area contributed by atoms with Crippen molar-refractivity contribution in [3.63, 3.8) is 0 Å². The van der Waals surface area contributed by atoms with Crippen LogP contribution in [0.3, 0.4) is 0 Å². The van der Waals surface area contributed by atoms with Gasteiger partial charge in [-0.15, -0.1) is 0 Å². The van der Waals surface area contributed by atoms with E-state index in [1.807, 2.05) is 18.2 Å². The van der Waals surface area contributed by atoms with E-state index in [9.17, 15) is 8.42 Å². The van der Waals surface area contributed by atoms with Gasteiger partial charge in [-0.1, -0.05) is 60.2 Å². The highest BCUT2D eigenvalue weighted by Gasteiger charge is 2.20. The van der Waals surface area contributed by atoms with Crippen LogP contribution < -0.4 is 4.72 Å². The van der Waals surface area contributed by atoms with E-state index in [1.165, 1.54) is 39.6 Å². The average molecular weight is 404 g/mol. The molecule has 0 aromatic heterocycles.